The fraction of sp³-hybridized carbons (Fsp3) is 0.789. The van der Waals surface area contributed by atoms with Crippen molar-refractivity contribution in [2.75, 3.05) is 13.2 Å². The Morgan fingerprint density at radius 3 is 0.805 bits per heavy atom. The predicted octanol–water partition coefficient (Wildman–Crippen LogP) is 22.9. The normalized spacial score (nSPS) is 12.5. The Morgan fingerprint density at radius 1 is 0.273 bits per heavy atom. The largest absolute Gasteiger partial charge is 0.462 e. The van der Waals surface area contributed by atoms with Gasteiger partial charge >= 0.3 is 17.9 Å². The maximum absolute atomic E-state index is 12.9. The van der Waals surface area contributed by atoms with Crippen LogP contribution in [-0.2, 0) is 28.6 Å². The fourth-order valence-corrected chi connectivity index (χ4v) is 9.70. The summed E-state index contributed by atoms with van der Waals surface area (Å²) in [5.74, 6) is -0.863. The molecule has 0 aliphatic carbocycles. The second-order valence-corrected chi connectivity index (χ2v) is 22.4. The van der Waals surface area contributed by atoms with E-state index in [1.165, 1.54) is 205 Å². The molecule has 6 nitrogen and oxygen atoms in total. The van der Waals surface area contributed by atoms with Crippen molar-refractivity contribution >= 4 is 17.9 Å². The van der Waals surface area contributed by atoms with Gasteiger partial charge in [0.15, 0.2) is 6.10 Å². The van der Waals surface area contributed by atoms with Gasteiger partial charge in [-0.2, -0.15) is 0 Å². The summed E-state index contributed by atoms with van der Waals surface area (Å²) >= 11 is 0. The molecule has 0 aliphatic rings. The van der Waals surface area contributed by atoms with Gasteiger partial charge < -0.3 is 14.2 Å². The van der Waals surface area contributed by atoms with E-state index < -0.39 is 6.10 Å². The van der Waals surface area contributed by atoms with Gasteiger partial charge in [-0.1, -0.05) is 306 Å². The van der Waals surface area contributed by atoms with Crippen LogP contribution in [0.5, 0.6) is 0 Å². The van der Waals surface area contributed by atoms with Crippen molar-refractivity contribution < 1.29 is 28.6 Å². The van der Waals surface area contributed by atoms with E-state index in [0.717, 1.165) is 96.3 Å². The highest BCUT2D eigenvalue weighted by Gasteiger charge is 2.19. The molecule has 0 aromatic rings. The van der Waals surface area contributed by atoms with Crippen LogP contribution in [0.1, 0.15) is 342 Å². The van der Waals surface area contributed by atoms with Crippen LogP contribution in [0.4, 0.5) is 0 Å². The van der Waals surface area contributed by atoms with E-state index in [4.69, 9.17) is 14.2 Å². The van der Waals surface area contributed by atoms with Crippen molar-refractivity contribution in [2.45, 2.75) is 348 Å². The van der Waals surface area contributed by atoms with E-state index in [0.29, 0.717) is 19.3 Å². The molecule has 0 aliphatic heterocycles. The third-order valence-electron chi connectivity index (χ3n) is 14.7. The summed E-state index contributed by atoms with van der Waals surface area (Å²) in [4.78, 5) is 38.3. The zero-order valence-corrected chi connectivity index (χ0v) is 51.2. The van der Waals surface area contributed by atoms with Crippen LogP contribution in [0, 0.1) is 0 Å². The second kappa shape index (κ2) is 65.4. The van der Waals surface area contributed by atoms with Crippen LogP contribution in [0.3, 0.4) is 0 Å². The number of hydrogen-bond acceptors (Lipinski definition) is 6. The fourth-order valence-electron chi connectivity index (χ4n) is 9.70. The number of unbranched alkanes of at least 4 members (excludes halogenated alkanes) is 38. The molecule has 77 heavy (non-hydrogen) atoms. The van der Waals surface area contributed by atoms with Crippen molar-refractivity contribution in [3.8, 4) is 0 Å². The SMILES string of the molecule is CC/C=C\C/C=C\C/C=C\C/C=C\CCCCCCCCCCCCCCCCCCC(=O)OCC(COC(=O)CCCCCCCCCCCCCC)OC(=O)CCCCCCCCC/C=C\C/C=C\CCCCCC. The van der Waals surface area contributed by atoms with Crippen LogP contribution in [0.2, 0.25) is 0 Å². The molecule has 446 valence electrons. The van der Waals surface area contributed by atoms with Crippen LogP contribution in [0.25, 0.3) is 0 Å². The van der Waals surface area contributed by atoms with Crippen LogP contribution >= 0.6 is 0 Å². The Kier molecular flexibility index (Phi) is 62.7. The van der Waals surface area contributed by atoms with E-state index in [1.807, 2.05) is 0 Å². The first-order valence-corrected chi connectivity index (χ1v) is 33.4. The van der Waals surface area contributed by atoms with Crippen molar-refractivity contribution in [3.63, 3.8) is 0 Å². The molecule has 0 spiro atoms. The maximum atomic E-state index is 12.9. The lowest BCUT2D eigenvalue weighted by Gasteiger charge is -2.18. The van der Waals surface area contributed by atoms with Gasteiger partial charge in [-0.3, -0.25) is 14.4 Å². The third-order valence-corrected chi connectivity index (χ3v) is 14.7. The molecule has 0 heterocycles. The standard InChI is InChI=1S/C71H126O6/c1-4-7-10-13-16-19-22-25-27-29-31-32-33-34-35-36-37-38-39-40-41-43-44-46-49-52-55-58-61-64-70(73)76-67-68(66-75-69(72)63-60-57-54-51-48-24-21-18-15-12-9-6-3)77-71(74)65-62-59-56-53-50-47-45-42-30-28-26-23-20-17-14-11-8-5-2/h7,10,16,19-20,23,25,27-28,30-32,68H,4-6,8-9,11-15,17-18,21-22,24,26,29,33-67H2,1-3H3/b10-7-,19-16-,23-20-,27-25-,30-28-,32-31-. The average molecular weight is 1080 g/mol. The molecule has 0 aromatic heterocycles. The smallest absolute Gasteiger partial charge is 0.306 e. The van der Waals surface area contributed by atoms with Crippen molar-refractivity contribution in [2.24, 2.45) is 0 Å². The summed E-state index contributed by atoms with van der Waals surface area (Å²) in [6.07, 6.45) is 84.9. The molecule has 0 amide bonds. The minimum Gasteiger partial charge on any atom is -0.462 e. The Labute approximate surface area is 478 Å². The number of allylic oxidation sites excluding steroid dienone is 12. The predicted molar refractivity (Wildman–Crippen MR) is 335 cm³/mol. The van der Waals surface area contributed by atoms with Gasteiger partial charge in [0.2, 0.25) is 0 Å². The first kappa shape index (κ1) is 73.8. The Bertz CT molecular complexity index is 1420. The monoisotopic (exact) mass is 1070 g/mol. The van der Waals surface area contributed by atoms with Gasteiger partial charge in [0, 0.05) is 19.3 Å². The molecule has 0 rings (SSSR count). The zero-order chi connectivity index (χ0) is 55.7. The van der Waals surface area contributed by atoms with Crippen LogP contribution < -0.4 is 0 Å². The third kappa shape index (κ3) is 63.6. The summed E-state index contributed by atoms with van der Waals surface area (Å²) in [6.45, 7) is 6.55. The van der Waals surface area contributed by atoms with E-state index >= 15 is 0 Å². The number of ether oxygens (including phenoxy) is 3. The minimum absolute atomic E-state index is 0.0737. The number of carbonyl (C=O) groups excluding carboxylic acids is 3. The molecule has 0 bridgehead atoms. The Hall–Kier alpha value is -3.15. The molecular weight excluding hydrogens is 949 g/mol. The van der Waals surface area contributed by atoms with Gasteiger partial charge in [0.25, 0.3) is 0 Å². The summed E-state index contributed by atoms with van der Waals surface area (Å²) in [6, 6.07) is 0. The van der Waals surface area contributed by atoms with Gasteiger partial charge in [0.05, 0.1) is 0 Å². The maximum Gasteiger partial charge on any atom is 0.306 e. The molecule has 1 unspecified atom stereocenters. The highest BCUT2D eigenvalue weighted by molar-refractivity contribution is 5.71. The summed E-state index contributed by atoms with van der Waals surface area (Å²) in [7, 11) is 0. The van der Waals surface area contributed by atoms with E-state index in [-0.39, 0.29) is 31.1 Å². The molecule has 0 N–H and O–H groups in total. The average Bonchev–Trinajstić information content (AvgIpc) is 3.43. The topological polar surface area (TPSA) is 78.9 Å². The van der Waals surface area contributed by atoms with Gasteiger partial charge in [0.1, 0.15) is 13.2 Å². The lowest BCUT2D eigenvalue weighted by molar-refractivity contribution is -0.167. The number of carbonyl (C=O) groups is 3. The highest BCUT2D eigenvalue weighted by Crippen LogP contribution is 2.17. The second-order valence-electron chi connectivity index (χ2n) is 22.4. The molecule has 0 fully saturated rings. The summed E-state index contributed by atoms with van der Waals surface area (Å²) in [5, 5.41) is 0. The molecular formula is C71H126O6. The molecule has 0 saturated carbocycles. The van der Waals surface area contributed by atoms with Gasteiger partial charge in [-0.15, -0.1) is 0 Å². The molecule has 0 aromatic carbocycles. The molecule has 1 atom stereocenters. The zero-order valence-electron chi connectivity index (χ0n) is 51.2. The Morgan fingerprint density at radius 2 is 0.506 bits per heavy atom. The van der Waals surface area contributed by atoms with E-state index in [2.05, 4.69) is 93.7 Å². The Balaban J connectivity index is 4.21. The molecule has 6 heteroatoms. The number of rotatable bonds is 61. The summed E-state index contributed by atoms with van der Waals surface area (Å²) in [5.41, 5.74) is 0. The number of esters is 3. The van der Waals surface area contributed by atoms with Gasteiger partial charge in [-0.05, 0) is 89.9 Å². The first-order chi connectivity index (χ1) is 38.0. The molecule has 0 saturated heterocycles. The van der Waals surface area contributed by atoms with Crippen LogP contribution in [-0.4, -0.2) is 37.2 Å². The minimum atomic E-state index is -0.777. The van der Waals surface area contributed by atoms with Crippen LogP contribution in [0.15, 0.2) is 72.9 Å². The van der Waals surface area contributed by atoms with Crippen molar-refractivity contribution in [3.05, 3.63) is 72.9 Å². The van der Waals surface area contributed by atoms with E-state index in [1.54, 1.807) is 0 Å². The summed E-state index contributed by atoms with van der Waals surface area (Å²) < 4.78 is 16.9. The van der Waals surface area contributed by atoms with E-state index in [9.17, 15) is 14.4 Å². The first-order valence-electron chi connectivity index (χ1n) is 33.4. The number of hydrogen-bond donors (Lipinski definition) is 0. The lowest BCUT2D eigenvalue weighted by atomic mass is 10.0. The quantitative estimate of drug-likeness (QED) is 0.0261. The highest BCUT2D eigenvalue weighted by atomic mass is 16.6. The van der Waals surface area contributed by atoms with Gasteiger partial charge in [-0.25, -0.2) is 0 Å². The van der Waals surface area contributed by atoms with Crippen molar-refractivity contribution in [1.82, 2.24) is 0 Å². The molecule has 0 radical (unpaired) electrons. The lowest BCUT2D eigenvalue weighted by Crippen LogP contribution is -2.30. The van der Waals surface area contributed by atoms with Crippen molar-refractivity contribution in [1.29, 1.82) is 0 Å².